The van der Waals surface area contributed by atoms with Gasteiger partial charge >= 0.3 is 5.97 Å². The third-order valence-electron chi connectivity index (χ3n) is 3.71. The number of hydrogen-bond acceptors (Lipinski definition) is 5. The van der Waals surface area contributed by atoms with Crippen LogP contribution in [0, 0.1) is 5.92 Å². The standard InChI is InChI=1S/C13H14O5/c1-7-11(18-12(14)13(7,2)15)8-3-4-9-10(5-8)17-6-16-9/h3-5,7,11,15H,6H2,1-2H3/t7-,11-,13+/m1/s1. The number of fused-ring (bicyclic) bond motifs is 1. The van der Waals surface area contributed by atoms with Crippen LogP contribution in [-0.4, -0.2) is 23.5 Å². The molecule has 1 N–H and O–H groups in total. The summed E-state index contributed by atoms with van der Waals surface area (Å²) in [5.41, 5.74) is -0.640. The molecule has 0 aliphatic carbocycles. The quantitative estimate of drug-likeness (QED) is 0.763. The van der Waals surface area contributed by atoms with Gasteiger partial charge in [0.05, 0.1) is 0 Å². The molecule has 0 bridgehead atoms. The average molecular weight is 250 g/mol. The molecule has 1 saturated heterocycles. The first-order chi connectivity index (χ1) is 8.50. The van der Waals surface area contributed by atoms with E-state index in [4.69, 9.17) is 14.2 Å². The lowest BCUT2D eigenvalue weighted by molar-refractivity contribution is -0.154. The van der Waals surface area contributed by atoms with E-state index in [1.165, 1.54) is 6.92 Å². The van der Waals surface area contributed by atoms with Crippen molar-refractivity contribution in [1.29, 1.82) is 0 Å². The summed E-state index contributed by atoms with van der Waals surface area (Å²) < 4.78 is 15.8. The van der Waals surface area contributed by atoms with Gasteiger partial charge in [0.25, 0.3) is 0 Å². The Bertz CT molecular complexity index is 508. The minimum Gasteiger partial charge on any atom is -0.455 e. The first-order valence-electron chi connectivity index (χ1n) is 5.83. The van der Waals surface area contributed by atoms with Gasteiger partial charge in [-0.3, -0.25) is 0 Å². The zero-order valence-electron chi connectivity index (χ0n) is 10.2. The Balaban J connectivity index is 1.95. The summed E-state index contributed by atoms with van der Waals surface area (Å²) in [6.45, 7) is 3.48. The van der Waals surface area contributed by atoms with Crippen LogP contribution in [0.2, 0.25) is 0 Å². The van der Waals surface area contributed by atoms with Crippen molar-refractivity contribution in [1.82, 2.24) is 0 Å². The van der Waals surface area contributed by atoms with Gasteiger partial charge in [0.2, 0.25) is 6.79 Å². The number of ether oxygens (including phenoxy) is 3. The number of aliphatic hydroxyl groups is 1. The Labute approximate surface area is 104 Å². The lowest BCUT2D eigenvalue weighted by atomic mass is 9.86. The van der Waals surface area contributed by atoms with Crippen LogP contribution in [0.3, 0.4) is 0 Å². The molecule has 5 nitrogen and oxygen atoms in total. The van der Waals surface area contributed by atoms with Crippen molar-refractivity contribution in [3.8, 4) is 11.5 Å². The summed E-state index contributed by atoms with van der Waals surface area (Å²) in [6, 6.07) is 5.40. The molecule has 1 aromatic rings. The Morgan fingerprint density at radius 1 is 1.33 bits per heavy atom. The van der Waals surface area contributed by atoms with Gasteiger partial charge in [0.1, 0.15) is 6.10 Å². The van der Waals surface area contributed by atoms with Crippen LogP contribution in [0.4, 0.5) is 0 Å². The van der Waals surface area contributed by atoms with Gasteiger partial charge in [-0.15, -0.1) is 0 Å². The second-order valence-electron chi connectivity index (χ2n) is 4.87. The Kier molecular flexibility index (Phi) is 2.28. The number of carbonyl (C=O) groups excluding carboxylic acids is 1. The lowest BCUT2D eigenvalue weighted by Gasteiger charge is -2.20. The molecule has 0 aromatic heterocycles. The maximum atomic E-state index is 11.6. The second-order valence-corrected chi connectivity index (χ2v) is 4.87. The topological polar surface area (TPSA) is 65.0 Å². The van der Waals surface area contributed by atoms with Gasteiger partial charge in [-0.1, -0.05) is 13.0 Å². The fourth-order valence-corrected chi connectivity index (χ4v) is 2.26. The molecule has 2 aliphatic rings. The van der Waals surface area contributed by atoms with Crippen molar-refractivity contribution < 1.29 is 24.1 Å². The largest absolute Gasteiger partial charge is 0.455 e. The van der Waals surface area contributed by atoms with Gasteiger partial charge in [-0.2, -0.15) is 0 Å². The molecule has 0 spiro atoms. The molecule has 0 radical (unpaired) electrons. The predicted octanol–water partition coefficient (Wildman–Crippen LogP) is 1.40. The molecule has 96 valence electrons. The first-order valence-corrected chi connectivity index (χ1v) is 5.83. The number of hydrogen-bond donors (Lipinski definition) is 1. The van der Waals surface area contributed by atoms with E-state index in [1.807, 2.05) is 6.07 Å². The number of cyclic esters (lactones) is 1. The molecule has 1 fully saturated rings. The van der Waals surface area contributed by atoms with Crippen LogP contribution in [-0.2, 0) is 9.53 Å². The van der Waals surface area contributed by atoms with Crippen molar-refractivity contribution >= 4 is 5.97 Å². The van der Waals surface area contributed by atoms with Gasteiger partial charge in [0, 0.05) is 5.92 Å². The van der Waals surface area contributed by atoms with Crippen LogP contribution in [0.25, 0.3) is 0 Å². The highest BCUT2D eigenvalue weighted by Gasteiger charge is 2.51. The molecule has 1 aromatic carbocycles. The highest BCUT2D eigenvalue weighted by molar-refractivity contribution is 5.81. The molecule has 5 heteroatoms. The van der Waals surface area contributed by atoms with E-state index >= 15 is 0 Å². The molecule has 0 saturated carbocycles. The molecule has 0 unspecified atom stereocenters. The fourth-order valence-electron chi connectivity index (χ4n) is 2.26. The van der Waals surface area contributed by atoms with E-state index in [-0.39, 0.29) is 12.7 Å². The van der Waals surface area contributed by atoms with Gasteiger partial charge in [-0.25, -0.2) is 4.79 Å². The highest BCUT2D eigenvalue weighted by Crippen LogP contribution is 2.44. The second kappa shape index (κ2) is 3.62. The fraction of sp³-hybridized carbons (Fsp3) is 0.462. The minimum absolute atomic E-state index is 0.205. The van der Waals surface area contributed by atoms with Gasteiger partial charge in [0.15, 0.2) is 17.1 Å². The van der Waals surface area contributed by atoms with Crippen molar-refractivity contribution in [3.63, 3.8) is 0 Å². The Morgan fingerprint density at radius 3 is 2.72 bits per heavy atom. The first kappa shape index (κ1) is 11.3. The van der Waals surface area contributed by atoms with Crippen LogP contribution in [0.15, 0.2) is 18.2 Å². The third kappa shape index (κ3) is 1.47. The smallest absolute Gasteiger partial charge is 0.338 e. The maximum Gasteiger partial charge on any atom is 0.338 e. The zero-order valence-corrected chi connectivity index (χ0v) is 10.2. The van der Waals surface area contributed by atoms with Crippen LogP contribution in [0.1, 0.15) is 25.5 Å². The molecular weight excluding hydrogens is 236 g/mol. The molecule has 0 amide bonds. The summed E-state index contributed by atoms with van der Waals surface area (Å²) >= 11 is 0. The molecule has 2 heterocycles. The SMILES string of the molecule is C[C@@H]1[C@H](c2ccc3c(c2)OCO3)OC(=O)[C@@]1(C)O. The van der Waals surface area contributed by atoms with Crippen LogP contribution < -0.4 is 9.47 Å². The number of esters is 1. The third-order valence-corrected chi connectivity index (χ3v) is 3.71. The van der Waals surface area contributed by atoms with Crippen LogP contribution in [0.5, 0.6) is 11.5 Å². The summed E-state index contributed by atoms with van der Waals surface area (Å²) in [6.07, 6.45) is -0.456. The highest BCUT2D eigenvalue weighted by atomic mass is 16.7. The minimum atomic E-state index is -1.44. The molecule has 3 atom stereocenters. The lowest BCUT2D eigenvalue weighted by Crippen LogP contribution is -2.35. The molecule has 2 aliphatic heterocycles. The number of benzene rings is 1. The van der Waals surface area contributed by atoms with E-state index in [0.29, 0.717) is 11.5 Å². The predicted molar refractivity (Wildman–Crippen MR) is 61.2 cm³/mol. The molecular formula is C13H14O5. The molecule has 18 heavy (non-hydrogen) atoms. The van der Waals surface area contributed by atoms with Crippen LogP contribution >= 0.6 is 0 Å². The maximum absolute atomic E-state index is 11.6. The Morgan fingerprint density at radius 2 is 2.06 bits per heavy atom. The van der Waals surface area contributed by atoms with E-state index in [9.17, 15) is 9.90 Å². The summed E-state index contributed by atoms with van der Waals surface area (Å²) in [5.74, 6) is 0.424. The zero-order chi connectivity index (χ0) is 12.9. The monoisotopic (exact) mass is 250 g/mol. The van der Waals surface area contributed by atoms with E-state index in [2.05, 4.69) is 0 Å². The summed E-state index contributed by atoms with van der Waals surface area (Å²) in [7, 11) is 0. The van der Waals surface area contributed by atoms with Crippen molar-refractivity contribution in [2.45, 2.75) is 25.6 Å². The van der Waals surface area contributed by atoms with Crippen molar-refractivity contribution in [3.05, 3.63) is 23.8 Å². The van der Waals surface area contributed by atoms with Crippen molar-refractivity contribution in [2.24, 2.45) is 5.92 Å². The molecule has 3 rings (SSSR count). The average Bonchev–Trinajstić information content (AvgIpc) is 2.87. The Hall–Kier alpha value is -1.75. The van der Waals surface area contributed by atoms with Gasteiger partial charge in [-0.05, 0) is 24.6 Å². The van der Waals surface area contributed by atoms with Crippen molar-refractivity contribution in [2.75, 3.05) is 6.79 Å². The van der Waals surface area contributed by atoms with Gasteiger partial charge < -0.3 is 19.3 Å². The normalized spacial score (nSPS) is 33.6. The number of rotatable bonds is 1. The summed E-state index contributed by atoms with van der Waals surface area (Å²) in [5, 5.41) is 10.0. The number of carbonyl (C=O) groups is 1. The van der Waals surface area contributed by atoms with E-state index in [0.717, 1.165) is 5.56 Å². The van der Waals surface area contributed by atoms with E-state index < -0.39 is 17.7 Å². The van der Waals surface area contributed by atoms with E-state index in [1.54, 1.807) is 19.1 Å². The summed E-state index contributed by atoms with van der Waals surface area (Å²) in [4.78, 5) is 11.6.